The summed E-state index contributed by atoms with van der Waals surface area (Å²) in [6.07, 6.45) is -2.77. The van der Waals surface area contributed by atoms with E-state index in [1.165, 1.54) is 0 Å². The summed E-state index contributed by atoms with van der Waals surface area (Å²) in [6.45, 7) is 5.61. The minimum atomic E-state index is -4.45. The molecular formula is C24H20F3N5O2. The van der Waals surface area contributed by atoms with Gasteiger partial charge in [0.1, 0.15) is 23.7 Å². The van der Waals surface area contributed by atoms with Crippen molar-refractivity contribution in [3.63, 3.8) is 0 Å². The number of aryl methyl sites for hydroxylation is 2. The fraction of sp³-hybridized carbons (Fsp3) is 0.167. The van der Waals surface area contributed by atoms with Gasteiger partial charge in [-0.1, -0.05) is 0 Å². The summed E-state index contributed by atoms with van der Waals surface area (Å²) in [6, 6.07) is 12.2. The highest BCUT2D eigenvalue weighted by atomic mass is 19.4. The molecule has 7 nitrogen and oxygen atoms in total. The summed E-state index contributed by atoms with van der Waals surface area (Å²) in [7, 11) is 0. The first-order valence-corrected chi connectivity index (χ1v) is 10.2. The van der Waals surface area contributed by atoms with E-state index in [1.807, 2.05) is 18.4 Å². The molecule has 174 valence electrons. The minimum Gasteiger partial charge on any atom is -0.439 e. The maximum absolute atomic E-state index is 12.7. The van der Waals surface area contributed by atoms with Crippen molar-refractivity contribution in [3.8, 4) is 17.4 Å². The molecule has 2 aromatic carbocycles. The Balaban J connectivity index is 1.45. The first-order valence-electron chi connectivity index (χ1n) is 10.2. The Kier molecular flexibility index (Phi) is 6.06. The standard InChI is InChI=1S/C24H20F3N5O2/c1-14-15(2)32(13-28-14)21-12-22(30-16(3)29-21)34-20-10-8-19(9-11-20)31-23(33)17-4-6-18(7-5-17)24(25,26)27/h4-13H,1-3H3,(H,31,33). The van der Waals surface area contributed by atoms with Crippen LogP contribution in [0.4, 0.5) is 18.9 Å². The van der Waals surface area contributed by atoms with Crippen molar-refractivity contribution in [2.24, 2.45) is 0 Å². The SMILES string of the molecule is Cc1nc(Oc2ccc(NC(=O)c3ccc(C(F)(F)F)cc3)cc2)cc(-n2cnc(C)c2C)n1. The zero-order valence-electron chi connectivity index (χ0n) is 18.5. The third kappa shape index (κ3) is 5.06. The molecule has 4 rings (SSSR count). The Hall–Kier alpha value is -4.21. The van der Waals surface area contributed by atoms with E-state index in [0.717, 1.165) is 35.7 Å². The van der Waals surface area contributed by atoms with Crippen LogP contribution in [0, 0.1) is 20.8 Å². The quantitative estimate of drug-likeness (QED) is 0.410. The average Bonchev–Trinajstić information content (AvgIpc) is 3.12. The highest BCUT2D eigenvalue weighted by Crippen LogP contribution is 2.29. The molecule has 0 saturated heterocycles. The van der Waals surface area contributed by atoms with Crippen LogP contribution in [0.25, 0.3) is 5.82 Å². The molecule has 2 aromatic heterocycles. The molecule has 0 atom stereocenters. The van der Waals surface area contributed by atoms with E-state index in [-0.39, 0.29) is 5.56 Å². The van der Waals surface area contributed by atoms with Gasteiger partial charge in [-0.25, -0.2) is 9.97 Å². The largest absolute Gasteiger partial charge is 0.439 e. The molecule has 0 radical (unpaired) electrons. The number of benzene rings is 2. The van der Waals surface area contributed by atoms with E-state index in [0.29, 0.717) is 29.0 Å². The van der Waals surface area contributed by atoms with Crippen LogP contribution in [-0.4, -0.2) is 25.4 Å². The van der Waals surface area contributed by atoms with Gasteiger partial charge in [-0.3, -0.25) is 9.36 Å². The molecule has 0 spiro atoms. The molecule has 0 aliphatic heterocycles. The summed E-state index contributed by atoms with van der Waals surface area (Å²) in [5.74, 6) is 1.45. The highest BCUT2D eigenvalue weighted by molar-refractivity contribution is 6.04. The van der Waals surface area contributed by atoms with E-state index < -0.39 is 17.6 Å². The summed E-state index contributed by atoms with van der Waals surface area (Å²) < 4.78 is 45.8. The van der Waals surface area contributed by atoms with Gasteiger partial charge in [0.15, 0.2) is 0 Å². The molecule has 0 saturated carbocycles. The van der Waals surface area contributed by atoms with E-state index in [2.05, 4.69) is 20.3 Å². The monoisotopic (exact) mass is 467 g/mol. The van der Waals surface area contributed by atoms with Crippen LogP contribution < -0.4 is 10.1 Å². The number of halogens is 3. The van der Waals surface area contributed by atoms with Gasteiger partial charge in [0.05, 0.1) is 11.3 Å². The van der Waals surface area contributed by atoms with Crippen LogP contribution in [0.2, 0.25) is 0 Å². The zero-order chi connectivity index (χ0) is 24.5. The van der Waals surface area contributed by atoms with Crippen molar-refractivity contribution >= 4 is 11.6 Å². The predicted molar refractivity (Wildman–Crippen MR) is 119 cm³/mol. The molecule has 4 aromatic rings. The van der Waals surface area contributed by atoms with E-state index in [1.54, 1.807) is 43.6 Å². The molecular weight excluding hydrogens is 447 g/mol. The van der Waals surface area contributed by atoms with Crippen LogP contribution >= 0.6 is 0 Å². The Labute approximate surface area is 193 Å². The maximum atomic E-state index is 12.7. The van der Waals surface area contributed by atoms with Crippen LogP contribution in [-0.2, 0) is 6.18 Å². The fourth-order valence-electron chi connectivity index (χ4n) is 3.17. The Bertz CT molecular complexity index is 1330. The summed E-state index contributed by atoms with van der Waals surface area (Å²) in [5.41, 5.74) is 1.61. The smallest absolute Gasteiger partial charge is 0.416 e. The number of anilines is 1. The average molecular weight is 467 g/mol. The van der Waals surface area contributed by atoms with Crippen molar-refractivity contribution < 1.29 is 22.7 Å². The van der Waals surface area contributed by atoms with Gasteiger partial charge in [-0.15, -0.1) is 0 Å². The normalized spacial score (nSPS) is 11.4. The van der Waals surface area contributed by atoms with Gasteiger partial charge in [-0.2, -0.15) is 18.2 Å². The molecule has 1 amide bonds. The van der Waals surface area contributed by atoms with E-state index in [9.17, 15) is 18.0 Å². The molecule has 0 aliphatic rings. The first kappa shape index (κ1) is 23.0. The van der Waals surface area contributed by atoms with Gasteiger partial charge in [0.2, 0.25) is 5.88 Å². The predicted octanol–water partition coefficient (Wildman–Crippen LogP) is 5.65. The van der Waals surface area contributed by atoms with Crippen molar-refractivity contribution in [2.75, 3.05) is 5.32 Å². The lowest BCUT2D eigenvalue weighted by Crippen LogP contribution is -2.12. The second kappa shape index (κ2) is 8.97. The lowest BCUT2D eigenvalue weighted by Gasteiger charge is -2.11. The number of amides is 1. The number of imidazole rings is 1. The third-order valence-electron chi connectivity index (χ3n) is 5.11. The molecule has 0 fully saturated rings. The Morgan fingerprint density at radius 1 is 0.971 bits per heavy atom. The van der Waals surface area contributed by atoms with Gasteiger partial charge in [0, 0.05) is 23.0 Å². The fourth-order valence-corrected chi connectivity index (χ4v) is 3.17. The van der Waals surface area contributed by atoms with Crippen LogP contribution in [0.5, 0.6) is 11.6 Å². The topological polar surface area (TPSA) is 81.9 Å². The number of aromatic nitrogens is 4. The number of carbonyl (C=O) groups is 1. The van der Waals surface area contributed by atoms with Crippen LogP contribution in [0.15, 0.2) is 60.9 Å². The summed E-state index contributed by atoms with van der Waals surface area (Å²) >= 11 is 0. The van der Waals surface area contributed by atoms with Crippen molar-refractivity contribution in [3.05, 3.63) is 89.3 Å². The number of rotatable bonds is 5. The maximum Gasteiger partial charge on any atom is 0.416 e. The number of nitrogens with one attached hydrogen (secondary N) is 1. The van der Waals surface area contributed by atoms with Gasteiger partial charge < -0.3 is 10.1 Å². The van der Waals surface area contributed by atoms with Crippen molar-refractivity contribution in [2.45, 2.75) is 26.9 Å². The van der Waals surface area contributed by atoms with Gasteiger partial charge in [-0.05, 0) is 69.3 Å². The number of hydrogen-bond acceptors (Lipinski definition) is 5. The Morgan fingerprint density at radius 2 is 1.65 bits per heavy atom. The second-order valence-corrected chi connectivity index (χ2v) is 7.55. The molecule has 0 bridgehead atoms. The van der Waals surface area contributed by atoms with Gasteiger partial charge in [0.25, 0.3) is 5.91 Å². The first-order chi connectivity index (χ1) is 16.1. The van der Waals surface area contributed by atoms with E-state index in [4.69, 9.17) is 4.74 Å². The zero-order valence-corrected chi connectivity index (χ0v) is 18.5. The molecule has 0 aliphatic carbocycles. The molecule has 10 heteroatoms. The second-order valence-electron chi connectivity index (χ2n) is 7.55. The number of ether oxygens (including phenoxy) is 1. The lowest BCUT2D eigenvalue weighted by molar-refractivity contribution is -0.137. The highest BCUT2D eigenvalue weighted by Gasteiger charge is 2.30. The number of nitrogens with zero attached hydrogens (tertiary/aromatic N) is 4. The minimum absolute atomic E-state index is 0.113. The number of carbonyl (C=O) groups excluding carboxylic acids is 1. The van der Waals surface area contributed by atoms with Crippen molar-refractivity contribution in [1.82, 2.24) is 19.5 Å². The third-order valence-corrected chi connectivity index (χ3v) is 5.11. The molecule has 0 unspecified atom stereocenters. The van der Waals surface area contributed by atoms with E-state index >= 15 is 0 Å². The number of alkyl halides is 3. The lowest BCUT2D eigenvalue weighted by atomic mass is 10.1. The molecule has 1 N–H and O–H groups in total. The van der Waals surface area contributed by atoms with Crippen LogP contribution in [0.1, 0.15) is 33.1 Å². The van der Waals surface area contributed by atoms with Crippen LogP contribution in [0.3, 0.4) is 0 Å². The summed E-state index contributed by atoms with van der Waals surface area (Å²) in [4.78, 5) is 25.4. The van der Waals surface area contributed by atoms with Crippen molar-refractivity contribution in [1.29, 1.82) is 0 Å². The molecule has 2 heterocycles. The summed E-state index contributed by atoms with van der Waals surface area (Å²) in [5, 5.41) is 2.64. The molecule has 34 heavy (non-hydrogen) atoms. The number of hydrogen-bond donors (Lipinski definition) is 1. The van der Waals surface area contributed by atoms with Gasteiger partial charge >= 0.3 is 6.18 Å². The Morgan fingerprint density at radius 3 is 2.24 bits per heavy atom.